The predicted molar refractivity (Wildman–Crippen MR) is 71.4 cm³/mol. The smallest absolute Gasteiger partial charge is 0.157 e. The summed E-state index contributed by atoms with van der Waals surface area (Å²) in [5, 5.41) is 18.2. The Morgan fingerprint density at radius 1 is 1.29 bits per heavy atom. The summed E-state index contributed by atoms with van der Waals surface area (Å²) >= 11 is 0. The quantitative estimate of drug-likeness (QED) is 0.737. The molecule has 106 valence electrons. The highest BCUT2D eigenvalue weighted by atomic mass is 19.1. The molecule has 1 aromatic rings. The molecule has 1 aliphatic heterocycles. The van der Waals surface area contributed by atoms with Crippen molar-refractivity contribution in [2.45, 2.75) is 26.4 Å². The number of nitrogens with zero attached hydrogens (tertiary/aromatic N) is 2. The molecule has 1 unspecified atom stereocenters. The van der Waals surface area contributed by atoms with Crippen LogP contribution in [0.4, 0.5) is 8.78 Å². The van der Waals surface area contributed by atoms with Crippen molar-refractivity contribution in [1.82, 2.24) is 0 Å². The Balaban J connectivity index is 2.69. The molecule has 0 fully saturated rings. The summed E-state index contributed by atoms with van der Waals surface area (Å²) in [6.07, 6.45) is 0. The van der Waals surface area contributed by atoms with E-state index in [-0.39, 0.29) is 22.5 Å². The molecule has 2 rings (SSSR count). The summed E-state index contributed by atoms with van der Waals surface area (Å²) in [7, 11) is 0. The Hall–Kier alpha value is -2.66. The van der Waals surface area contributed by atoms with E-state index in [4.69, 9.17) is 10.00 Å². The van der Waals surface area contributed by atoms with Gasteiger partial charge in [0.2, 0.25) is 0 Å². The zero-order valence-electron chi connectivity index (χ0n) is 11.8. The van der Waals surface area contributed by atoms with Gasteiger partial charge in [0.15, 0.2) is 11.4 Å². The first-order chi connectivity index (χ1) is 9.85. The second-order valence-corrected chi connectivity index (χ2v) is 4.94. The van der Waals surface area contributed by atoms with Gasteiger partial charge < -0.3 is 4.74 Å². The fourth-order valence-electron chi connectivity index (χ4n) is 2.32. The van der Waals surface area contributed by atoms with Crippen LogP contribution in [0.15, 0.2) is 40.7 Å². The highest BCUT2D eigenvalue weighted by molar-refractivity contribution is 5.55. The van der Waals surface area contributed by atoms with Crippen LogP contribution >= 0.6 is 0 Å². The lowest BCUT2D eigenvalue weighted by Crippen LogP contribution is -2.24. The molecule has 0 N–H and O–H groups in total. The molecular formula is C16H12F2N2O. The van der Waals surface area contributed by atoms with Gasteiger partial charge in [0, 0.05) is 11.6 Å². The van der Waals surface area contributed by atoms with E-state index >= 15 is 0 Å². The molecule has 0 saturated carbocycles. The maximum absolute atomic E-state index is 14.1. The van der Waals surface area contributed by atoms with Gasteiger partial charge in [-0.2, -0.15) is 10.5 Å². The third kappa shape index (κ3) is 2.17. The van der Waals surface area contributed by atoms with Gasteiger partial charge in [-0.1, -0.05) is 0 Å². The molecule has 1 aromatic carbocycles. The van der Waals surface area contributed by atoms with E-state index in [9.17, 15) is 14.0 Å². The minimum atomic E-state index is -1.24. The summed E-state index contributed by atoms with van der Waals surface area (Å²) in [5.74, 6) is -1.31. The molecule has 0 radical (unpaired) electrons. The number of ether oxygens (including phenoxy) is 1. The minimum absolute atomic E-state index is 0.120. The zero-order valence-corrected chi connectivity index (χ0v) is 11.8. The van der Waals surface area contributed by atoms with Gasteiger partial charge in [0.1, 0.15) is 17.7 Å². The third-order valence-corrected chi connectivity index (χ3v) is 3.69. The van der Waals surface area contributed by atoms with Crippen molar-refractivity contribution in [2.75, 3.05) is 0 Å². The summed E-state index contributed by atoms with van der Waals surface area (Å²) in [5.41, 5.74) is -0.191. The lowest BCUT2D eigenvalue weighted by molar-refractivity contribution is 0.0687. The van der Waals surface area contributed by atoms with Crippen LogP contribution in [0.5, 0.6) is 0 Å². The Bertz CT molecular complexity index is 765. The van der Waals surface area contributed by atoms with E-state index in [2.05, 4.69) is 0 Å². The molecule has 0 amide bonds. The SMILES string of the molecule is CC1=C(C#N)/C(=C(\C)C#N)OC1(C)c1ccc(F)cc1F. The molecule has 21 heavy (non-hydrogen) atoms. The third-order valence-electron chi connectivity index (χ3n) is 3.69. The number of allylic oxidation sites excluding steroid dienone is 2. The van der Waals surface area contributed by atoms with Crippen LogP contribution < -0.4 is 0 Å². The molecule has 0 saturated heterocycles. The largest absolute Gasteiger partial charge is 0.476 e. The van der Waals surface area contributed by atoms with Gasteiger partial charge in [-0.15, -0.1) is 0 Å². The number of hydrogen-bond acceptors (Lipinski definition) is 3. The van der Waals surface area contributed by atoms with Crippen molar-refractivity contribution >= 4 is 0 Å². The molecular weight excluding hydrogens is 274 g/mol. The molecule has 0 spiro atoms. The fourth-order valence-corrected chi connectivity index (χ4v) is 2.32. The lowest BCUT2D eigenvalue weighted by Gasteiger charge is -2.27. The van der Waals surface area contributed by atoms with E-state index < -0.39 is 17.2 Å². The second kappa shape index (κ2) is 5.03. The van der Waals surface area contributed by atoms with E-state index in [0.717, 1.165) is 12.1 Å². The maximum atomic E-state index is 14.1. The first-order valence-corrected chi connectivity index (χ1v) is 6.22. The van der Waals surface area contributed by atoms with E-state index in [1.807, 2.05) is 12.1 Å². The average Bonchev–Trinajstić information content (AvgIpc) is 2.70. The van der Waals surface area contributed by atoms with Crippen LogP contribution in [0.2, 0.25) is 0 Å². The Kier molecular flexibility index (Phi) is 3.53. The number of rotatable bonds is 1. The highest BCUT2D eigenvalue weighted by Crippen LogP contribution is 2.46. The molecule has 0 aromatic heterocycles. The summed E-state index contributed by atoms with van der Waals surface area (Å²) in [6, 6.07) is 7.09. The fraction of sp³-hybridized carbons (Fsp3) is 0.250. The first-order valence-electron chi connectivity index (χ1n) is 6.22. The monoisotopic (exact) mass is 286 g/mol. The maximum Gasteiger partial charge on any atom is 0.157 e. The van der Waals surface area contributed by atoms with Crippen molar-refractivity contribution in [3.63, 3.8) is 0 Å². The van der Waals surface area contributed by atoms with Gasteiger partial charge in [0.25, 0.3) is 0 Å². The number of nitriles is 2. The molecule has 1 atom stereocenters. The Morgan fingerprint density at radius 3 is 2.48 bits per heavy atom. The number of benzene rings is 1. The summed E-state index contributed by atoms with van der Waals surface area (Å²) < 4.78 is 32.8. The van der Waals surface area contributed by atoms with Crippen molar-refractivity contribution in [3.8, 4) is 12.1 Å². The Labute approximate surface area is 121 Å². The first kappa shape index (κ1) is 14.7. The van der Waals surface area contributed by atoms with Gasteiger partial charge >= 0.3 is 0 Å². The Morgan fingerprint density at radius 2 is 1.95 bits per heavy atom. The number of hydrogen-bond donors (Lipinski definition) is 0. The molecule has 0 bridgehead atoms. The minimum Gasteiger partial charge on any atom is -0.476 e. The molecule has 3 nitrogen and oxygen atoms in total. The van der Waals surface area contributed by atoms with Gasteiger partial charge in [-0.05, 0) is 38.5 Å². The van der Waals surface area contributed by atoms with E-state index in [0.29, 0.717) is 5.57 Å². The molecule has 1 aliphatic rings. The lowest BCUT2D eigenvalue weighted by atomic mass is 9.87. The van der Waals surface area contributed by atoms with Crippen LogP contribution in [-0.2, 0) is 10.3 Å². The van der Waals surface area contributed by atoms with E-state index in [1.165, 1.54) is 13.0 Å². The van der Waals surface area contributed by atoms with Crippen LogP contribution in [0.3, 0.4) is 0 Å². The molecule has 5 heteroatoms. The normalized spacial score (nSPS) is 23.4. The van der Waals surface area contributed by atoms with Crippen molar-refractivity contribution in [1.29, 1.82) is 10.5 Å². The van der Waals surface area contributed by atoms with Crippen LogP contribution in [0.25, 0.3) is 0 Å². The second-order valence-electron chi connectivity index (χ2n) is 4.94. The standard InChI is InChI=1S/C16H12F2N2O/c1-9(7-19)15-12(8-20)10(2)16(3,21-15)13-5-4-11(17)6-14(13)18/h4-6H,1-3H3/b15-9-. The average molecular weight is 286 g/mol. The molecule has 0 aliphatic carbocycles. The molecule has 1 heterocycles. The van der Waals surface area contributed by atoms with Gasteiger partial charge in [-0.25, -0.2) is 8.78 Å². The van der Waals surface area contributed by atoms with Gasteiger partial charge in [-0.3, -0.25) is 0 Å². The van der Waals surface area contributed by atoms with Gasteiger partial charge in [0.05, 0.1) is 17.2 Å². The van der Waals surface area contributed by atoms with Crippen LogP contribution in [0, 0.1) is 34.3 Å². The summed E-state index contributed by atoms with van der Waals surface area (Å²) in [4.78, 5) is 0. The summed E-state index contributed by atoms with van der Waals surface area (Å²) in [6.45, 7) is 4.75. The van der Waals surface area contributed by atoms with Crippen LogP contribution in [-0.4, -0.2) is 0 Å². The van der Waals surface area contributed by atoms with Crippen molar-refractivity contribution in [3.05, 3.63) is 57.9 Å². The topological polar surface area (TPSA) is 56.8 Å². The highest BCUT2D eigenvalue weighted by Gasteiger charge is 2.43. The zero-order chi connectivity index (χ0) is 15.8. The van der Waals surface area contributed by atoms with Crippen molar-refractivity contribution < 1.29 is 13.5 Å². The predicted octanol–water partition coefficient (Wildman–Crippen LogP) is 3.85. The van der Waals surface area contributed by atoms with E-state index in [1.54, 1.807) is 13.8 Å². The number of halogens is 2. The van der Waals surface area contributed by atoms with Crippen molar-refractivity contribution in [2.24, 2.45) is 0 Å². The van der Waals surface area contributed by atoms with Crippen LogP contribution in [0.1, 0.15) is 26.3 Å².